The number of nitrogens with zero attached hydrogens (tertiary/aromatic N) is 1. The third-order valence-corrected chi connectivity index (χ3v) is 6.39. The van der Waals surface area contributed by atoms with Crippen molar-refractivity contribution < 1.29 is 9.59 Å². The van der Waals surface area contributed by atoms with Crippen molar-refractivity contribution >= 4 is 50.0 Å². The number of carbonyl (C=O) groups excluding carboxylic acids is 2. The van der Waals surface area contributed by atoms with Gasteiger partial charge in [0.05, 0.1) is 16.8 Å². The molecule has 4 aromatic carbocycles. The molecule has 1 aromatic heterocycles. The van der Waals surface area contributed by atoms with Crippen LogP contribution in [0.25, 0.3) is 22.2 Å². The minimum Gasteiger partial charge on any atom is -0.322 e. The summed E-state index contributed by atoms with van der Waals surface area (Å²) >= 11 is 3.47. The number of benzene rings is 4. The molecule has 0 saturated heterocycles. The number of carbonyl (C=O) groups is 2. The van der Waals surface area contributed by atoms with Crippen molar-refractivity contribution in [3.8, 4) is 11.3 Å². The second-order valence-electron chi connectivity index (χ2n) is 8.38. The van der Waals surface area contributed by atoms with E-state index in [1.165, 1.54) is 0 Å². The third-order valence-electron chi connectivity index (χ3n) is 5.86. The molecule has 6 heteroatoms. The summed E-state index contributed by atoms with van der Waals surface area (Å²) in [6.45, 7) is 1.99. The number of pyridine rings is 1. The highest BCUT2D eigenvalue weighted by molar-refractivity contribution is 9.10. The lowest BCUT2D eigenvalue weighted by Crippen LogP contribution is -2.14. The molecular weight excluding hydrogens is 514 g/mol. The van der Waals surface area contributed by atoms with Gasteiger partial charge in [-0.25, -0.2) is 4.98 Å². The number of halogens is 1. The van der Waals surface area contributed by atoms with Gasteiger partial charge in [0.15, 0.2) is 0 Å². The molecular formula is C30H22BrN3O2. The maximum atomic E-state index is 13.4. The summed E-state index contributed by atoms with van der Waals surface area (Å²) in [5.41, 5.74) is 5.84. The number of fused-ring (bicyclic) bond motifs is 1. The first-order chi connectivity index (χ1) is 17.5. The standard InChI is InChI=1S/C30H22BrN3O2/c1-19-6-5-9-25-26(18-27(34-28(19)25)20-10-12-22(31)13-11-20)30(36)33-24-16-14-23(15-17-24)32-29(35)21-7-3-2-4-8-21/h2-18H,1H3,(H,32,35)(H,33,36). The smallest absolute Gasteiger partial charge is 0.256 e. The Morgan fingerprint density at radius 2 is 1.36 bits per heavy atom. The highest BCUT2D eigenvalue weighted by Gasteiger charge is 2.16. The Bertz CT molecular complexity index is 1560. The maximum Gasteiger partial charge on any atom is 0.256 e. The number of nitrogens with one attached hydrogen (secondary N) is 2. The van der Waals surface area contributed by atoms with E-state index in [9.17, 15) is 9.59 Å². The van der Waals surface area contributed by atoms with E-state index in [0.717, 1.165) is 32.2 Å². The lowest BCUT2D eigenvalue weighted by atomic mass is 10.0. The molecule has 176 valence electrons. The lowest BCUT2D eigenvalue weighted by molar-refractivity contribution is 0.101. The van der Waals surface area contributed by atoms with E-state index < -0.39 is 0 Å². The Hall–Kier alpha value is -4.29. The van der Waals surface area contributed by atoms with Crippen molar-refractivity contribution in [3.05, 3.63) is 124 Å². The molecule has 0 radical (unpaired) electrons. The first kappa shape index (κ1) is 23.5. The Labute approximate surface area is 217 Å². The van der Waals surface area contributed by atoms with Crippen LogP contribution in [0.15, 0.2) is 108 Å². The average Bonchev–Trinajstić information content (AvgIpc) is 2.90. The van der Waals surface area contributed by atoms with E-state index in [2.05, 4.69) is 26.6 Å². The number of amides is 2. The molecule has 0 saturated carbocycles. The monoisotopic (exact) mass is 535 g/mol. The van der Waals surface area contributed by atoms with Crippen LogP contribution >= 0.6 is 15.9 Å². The molecule has 5 nitrogen and oxygen atoms in total. The van der Waals surface area contributed by atoms with Gasteiger partial charge in [0.25, 0.3) is 11.8 Å². The molecule has 0 aliphatic rings. The van der Waals surface area contributed by atoms with Crippen LogP contribution < -0.4 is 10.6 Å². The summed E-state index contributed by atoms with van der Waals surface area (Å²) < 4.78 is 0.976. The molecule has 0 aliphatic heterocycles. The number of anilines is 2. The van der Waals surface area contributed by atoms with Crippen molar-refractivity contribution in [1.82, 2.24) is 4.98 Å². The largest absolute Gasteiger partial charge is 0.322 e. The average molecular weight is 536 g/mol. The predicted octanol–water partition coefficient (Wildman–Crippen LogP) is 7.48. The summed E-state index contributed by atoms with van der Waals surface area (Å²) in [5.74, 6) is -0.418. The molecule has 1 heterocycles. The van der Waals surface area contributed by atoms with E-state index in [1.54, 1.807) is 36.4 Å². The van der Waals surface area contributed by atoms with Gasteiger partial charge in [-0.05, 0) is 67.1 Å². The SMILES string of the molecule is Cc1cccc2c(C(=O)Nc3ccc(NC(=O)c4ccccc4)cc3)cc(-c3ccc(Br)cc3)nc12. The van der Waals surface area contributed by atoms with Crippen molar-refractivity contribution in [2.24, 2.45) is 0 Å². The van der Waals surface area contributed by atoms with Crippen LogP contribution in [0, 0.1) is 6.92 Å². The summed E-state index contributed by atoms with van der Waals surface area (Å²) in [4.78, 5) is 30.7. The second kappa shape index (κ2) is 10.1. The lowest BCUT2D eigenvalue weighted by Gasteiger charge is -2.13. The van der Waals surface area contributed by atoms with Gasteiger partial charge >= 0.3 is 0 Å². The van der Waals surface area contributed by atoms with Gasteiger partial charge in [-0.15, -0.1) is 0 Å². The minimum absolute atomic E-state index is 0.188. The number of para-hydroxylation sites is 1. The molecule has 0 bridgehead atoms. The first-order valence-corrected chi connectivity index (χ1v) is 12.2. The van der Waals surface area contributed by atoms with Gasteiger partial charge in [-0.1, -0.05) is 64.5 Å². The van der Waals surface area contributed by atoms with Gasteiger partial charge < -0.3 is 10.6 Å². The molecule has 0 atom stereocenters. The van der Waals surface area contributed by atoms with Crippen LogP contribution in [0.5, 0.6) is 0 Å². The summed E-state index contributed by atoms with van der Waals surface area (Å²) in [6, 6.07) is 31.6. The Kier molecular flexibility index (Phi) is 6.60. The molecule has 36 heavy (non-hydrogen) atoms. The Morgan fingerprint density at radius 1 is 0.722 bits per heavy atom. The fourth-order valence-corrected chi connectivity index (χ4v) is 4.24. The van der Waals surface area contributed by atoms with Crippen LogP contribution in [0.4, 0.5) is 11.4 Å². The molecule has 2 amide bonds. The molecule has 0 aliphatic carbocycles. The highest BCUT2D eigenvalue weighted by Crippen LogP contribution is 2.28. The van der Waals surface area contributed by atoms with E-state index >= 15 is 0 Å². The molecule has 0 fully saturated rings. The van der Waals surface area contributed by atoms with Crippen LogP contribution in [-0.4, -0.2) is 16.8 Å². The molecule has 2 N–H and O–H groups in total. The van der Waals surface area contributed by atoms with Gasteiger partial charge in [-0.3, -0.25) is 9.59 Å². The number of hydrogen-bond acceptors (Lipinski definition) is 3. The van der Waals surface area contributed by atoms with Crippen LogP contribution in [0.1, 0.15) is 26.3 Å². The summed E-state index contributed by atoms with van der Waals surface area (Å²) in [5, 5.41) is 6.64. The zero-order valence-corrected chi connectivity index (χ0v) is 21.0. The van der Waals surface area contributed by atoms with Gasteiger partial charge in [-0.2, -0.15) is 0 Å². The van der Waals surface area contributed by atoms with Gasteiger partial charge in [0, 0.05) is 32.4 Å². The Balaban J connectivity index is 1.41. The van der Waals surface area contributed by atoms with Crippen molar-refractivity contribution in [2.45, 2.75) is 6.92 Å². The molecule has 0 spiro atoms. The fourth-order valence-electron chi connectivity index (χ4n) is 3.98. The van der Waals surface area contributed by atoms with E-state index in [1.807, 2.05) is 73.7 Å². The number of rotatable bonds is 5. The van der Waals surface area contributed by atoms with Crippen LogP contribution in [0.3, 0.4) is 0 Å². The van der Waals surface area contributed by atoms with Crippen LogP contribution in [0.2, 0.25) is 0 Å². The quantitative estimate of drug-likeness (QED) is 0.245. The highest BCUT2D eigenvalue weighted by atomic mass is 79.9. The number of hydrogen-bond donors (Lipinski definition) is 2. The zero-order valence-electron chi connectivity index (χ0n) is 19.5. The normalized spacial score (nSPS) is 10.7. The molecule has 0 unspecified atom stereocenters. The van der Waals surface area contributed by atoms with Gasteiger partial charge in [0.1, 0.15) is 0 Å². The summed E-state index contributed by atoms with van der Waals surface area (Å²) in [7, 11) is 0. The number of aryl methyl sites for hydroxylation is 1. The predicted molar refractivity (Wildman–Crippen MR) is 148 cm³/mol. The second-order valence-corrected chi connectivity index (χ2v) is 9.30. The summed E-state index contributed by atoms with van der Waals surface area (Å²) in [6.07, 6.45) is 0. The molecule has 5 aromatic rings. The van der Waals surface area contributed by atoms with Crippen molar-refractivity contribution in [1.29, 1.82) is 0 Å². The first-order valence-electron chi connectivity index (χ1n) is 11.4. The maximum absolute atomic E-state index is 13.4. The van der Waals surface area contributed by atoms with Crippen molar-refractivity contribution in [3.63, 3.8) is 0 Å². The van der Waals surface area contributed by atoms with Crippen molar-refractivity contribution in [2.75, 3.05) is 10.6 Å². The zero-order chi connectivity index (χ0) is 25.1. The number of aromatic nitrogens is 1. The van der Waals surface area contributed by atoms with E-state index in [0.29, 0.717) is 22.5 Å². The Morgan fingerprint density at radius 3 is 2.03 bits per heavy atom. The van der Waals surface area contributed by atoms with Crippen LogP contribution in [-0.2, 0) is 0 Å². The van der Waals surface area contributed by atoms with E-state index in [-0.39, 0.29) is 11.8 Å². The topological polar surface area (TPSA) is 71.1 Å². The minimum atomic E-state index is -0.229. The fraction of sp³-hybridized carbons (Fsp3) is 0.0333. The van der Waals surface area contributed by atoms with E-state index in [4.69, 9.17) is 4.98 Å². The third kappa shape index (κ3) is 5.04. The molecule has 5 rings (SSSR count). The van der Waals surface area contributed by atoms with Gasteiger partial charge in [0.2, 0.25) is 0 Å².